The number of hydrogen-bond acceptors (Lipinski definition) is 2. The van der Waals surface area contributed by atoms with Crippen LogP contribution in [-0.2, 0) is 6.42 Å². The van der Waals surface area contributed by atoms with E-state index < -0.39 is 0 Å². The summed E-state index contributed by atoms with van der Waals surface area (Å²) in [5.41, 5.74) is 8.21. The Morgan fingerprint density at radius 3 is 2.35 bits per heavy atom. The lowest BCUT2D eigenvalue weighted by atomic mass is 10.0. The Kier molecular flexibility index (Phi) is 6.47. The smallest absolute Gasteiger partial charge is 0.123 e. The Morgan fingerprint density at radius 2 is 1.85 bits per heavy atom. The highest BCUT2D eigenvalue weighted by Crippen LogP contribution is 2.26. The summed E-state index contributed by atoms with van der Waals surface area (Å²) in [6, 6.07) is 5.56. The van der Waals surface area contributed by atoms with Crippen LogP contribution in [-0.4, -0.2) is 18.6 Å². The molecule has 1 unspecified atom stereocenters. The Balaban J connectivity index is 3.12. The summed E-state index contributed by atoms with van der Waals surface area (Å²) in [4.78, 5) is 2.35. The Morgan fingerprint density at radius 1 is 1.20 bits per heavy atom. The fraction of sp³-hybridized carbons (Fsp3) is 0.647. The van der Waals surface area contributed by atoms with Crippen molar-refractivity contribution in [2.24, 2.45) is 11.7 Å². The van der Waals surface area contributed by atoms with Gasteiger partial charge in [-0.3, -0.25) is 0 Å². The highest BCUT2D eigenvalue weighted by molar-refractivity contribution is 5.55. The second-order valence-electron chi connectivity index (χ2n) is 6.29. The van der Waals surface area contributed by atoms with E-state index in [0.717, 1.165) is 30.6 Å². The van der Waals surface area contributed by atoms with Gasteiger partial charge in [0.15, 0.2) is 0 Å². The fourth-order valence-corrected chi connectivity index (χ4v) is 2.41. The minimum absolute atomic E-state index is 0.0867. The van der Waals surface area contributed by atoms with Gasteiger partial charge in [0, 0.05) is 24.3 Å². The summed E-state index contributed by atoms with van der Waals surface area (Å²) in [6.45, 7) is 11.8. The predicted molar refractivity (Wildman–Crippen MR) is 85.7 cm³/mol. The number of benzene rings is 1. The third-order valence-electron chi connectivity index (χ3n) is 3.54. The molecule has 0 fully saturated rings. The van der Waals surface area contributed by atoms with Crippen LogP contribution in [0.1, 0.15) is 46.6 Å². The van der Waals surface area contributed by atoms with Crippen LogP contribution in [0, 0.1) is 11.7 Å². The molecule has 3 heteroatoms. The minimum atomic E-state index is -0.180. The maximum atomic E-state index is 13.6. The van der Waals surface area contributed by atoms with Crippen molar-refractivity contribution in [1.29, 1.82) is 0 Å². The van der Waals surface area contributed by atoms with Crippen LogP contribution >= 0.6 is 0 Å². The van der Waals surface area contributed by atoms with E-state index in [1.807, 2.05) is 6.07 Å². The van der Waals surface area contributed by atoms with E-state index in [-0.39, 0.29) is 11.9 Å². The topological polar surface area (TPSA) is 29.3 Å². The van der Waals surface area contributed by atoms with Gasteiger partial charge in [-0.2, -0.15) is 0 Å². The molecular weight excluding hydrogens is 251 g/mol. The lowest BCUT2D eigenvalue weighted by Crippen LogP contribution is -2.35. The molecule has 20 heavy (non-hydrogen) atoms. The standard InChI is InChI=1S/C17H29FN2/c1-6-16(19)10-14-9-15(18)7-8-17(14)20(13(4)5)11-12(2)3/h7-9,12-13,16H,6,10-11,19H2,1-5H3. The number of nitrogens with two attached hydrogens (primary N) is 1. The molecule has 0 aliphatic carbocycles. The molecule has 1 atom stereocenters. The molecule has 0 spiro atoms. The van der Waals surface area contributed by atoms with E-state index in [9.17, 15) is 4.39 Å². The molecular formula is C17H29FN2. The molecule has 0 aliphatic heterocycles. The first-order valence-electron chi connectivity index (χ1n) is 7.65. The maximum Gasteiger partial charge on any atom is 0.123 e. The third kappa shape index (κ3) is 4.78. The van der Waals surface area contributed by atoms with Gasteiger partial charge in [-0.1, -0.05) is 20.8 Å². The average Bonchev–Trinajstić information content (AvgIpc) is 2.36. The summed E-state index contributed by atoms with van der Waals surface area (Å²) in [6.07, 6.45) is 1.63. The van der Waals surface area contributed by atoms with E-state index in [2.05, 4.69) is 39.5 Å². The van der Waals surface area contributed by atoms with Crippen LogP contribution in [0.25, 0.3) is 0 Å². The van der Waals surface area contributed by atoms with Gasteiger partial charge in [-0.25, -0.2) is 4.39 Å². The van der Waals surface area contributed by atoms with Gasteiger partial charge >= 0.3 is 0 Å². The first kappa shape index (κ1) is 17.0. The molecule has 2 nitrogen and oxygen atoms in total. The maximum absolute atomic E-state index is 13.6. The number of halogens is 1. The Hall–Kier alpha value is -1.09. The van der Waals surface area contributed by atoms with E-state index in [1.54, 1.807) is 12.1 Å². The van der Waals surface area contributed by atoms with Crippen LogP contribution in [0.15, 0.2) is 18.2 Å². The molecule has 0 amide bonds. The molecule has 2 N–H and O–H groups in total. The molecule has 0 saturated heterocycles. The van der Waals surface area contributed by atoms with Crippen molar-refractivity contribution in [3.8, 4) is 0 Å². The average molecular weight is 280 g/mol. The van der Waals surface area contributed by atoms with Crippen molar-refractivity contribution in [3.63, 3.8) is 0 Å². The van der Waals surface area contributed by atoms with E-state index in [0.29, 0.717) is 12.0 Å². The number of rotatable bonds is 7. The summed E-state index contributed by atoms with van der Waals surface area (Å²) in [7, 11) is 0. The monoisotopic (exact) mass is 280 g/mol. The Labute approximate surface area is 123 Å². The third-order valence-corrected chi connectivity index (χ3v) is 3.54. The largest absolute Gasteiger partial charge is 0.369 e. The minimum Gasteiger partial charge on any atom is -0.369 e. The molecule has 0 radical (unpaired) electrons. The number of hydrogen-bond donors (Lipinski definition) is 1. The molecule has 0 heterocycles. The fourth-order valence-electron chi connectivity index (χ4n) is 2.41. The number of anilines is 1. The normalized spacial score (nSPS) is 13.1. The molecule has 1 rings (SSSR count). The van der Waals surface area contributed by atoms with Crippen molar-refractivity contribution >= 4 is 5.69 Å². The van der Waals surface area contributed by atoms with Crippen molar-refractivity contribution in [3.05, 3.63) is 29.6 Å². The first-order chi connectivity index (χ1) is 9.35. The van der Waals surface area contributed by atoms with Crippen molar-refractivity contribution in [2.45, 2.75) is 59.5 Å². The van der Waals surface area contributed by atoms with Gasteiger partial charge in [0.25, 0.3) is 0 Å². The SMILES string of the molecule is CCC(N)Cc1cc(F)ccc1N(CC(C)C)C(C)C. The van der Waals surface area contributed by atoms with Crippen LogP contribution in [0.4, 0.5) is 10.1 Å². The molecule has 0 aliphatic rings. The zero-order chi connectivity index (χ0) is 15.3. The van der Waals surface area contributed by atoms with E-state index in [4.69, 9.17) is 5.73 Å². The summed E-state index contributed by atoms with van der Waals surface area (Å²) in [5.74, 6) is 0.385. The van der Waals surface area contributed by atoms with Crippen molar-refractivity contribution in [1.82, 2.24) is 0 Å². The van der Waals surface area contributed by atoms with Crippen LogP contribution in [0.3, 0.4) is 0 Å². The molecule has 114 valence electrons. The van der Waals surface area contributed by atoms with Crippen LogP contribution in [0.2, 0.25) is 0 Å². The Bertz CT molecular complexity index is 415. The van der Waals surface area contributed by atoms with Gasteiger partial charge in [-0.05, 0) is 56.4 Å². The van der Waals surface area contributed by atoms with Gasteiger partial charge < -0.3 is 10.6 Å². The lowest BCUT2D eigenvalue weighted by molar-refractivity contribution is 0.563. The molecule has 1 aromatic carbocycles. The number of nitrogens with zero attached hydrogens (tertiary/aromatic N) is 1. The van der Waals surface area contributed by atoms with E-state index in [1.165, 1.54) is 0 Å². The zero-order valence-electron chi connectivity index (χ0n) is 13.5. The molecule has 1 aromatic rings. The summed E-state index contributed by atoms with van der Waals surface area (Å²) in [5, 5.41) is 0. The van der Waals surface area contributed by atoms with E-state index >= 15 is 0 Å². The quantitative estimate of drug-likeness (QED) is 0.818. The van der Waals surface area contributed by atoms with Gasteiger partial charge in [0.2, 0.25) is 0 Å². The highest BCUT2D eigenvalue weighted by Gasteiger charge is 2.17. The summed E-state index contributed by atoms with van der Waals surface area (Å²) >= 11 is 0. The second kappa shape index (κ2) is 7.63. The zero-order valence-corrected chi connectivity index (χ0v) is 13.5. The van der Waals surface area contributed by atoms with Crippen molar-refractivity contribution < 1.29 is 4.39 Å². The van der Waals surface area contributed by atoms with Crippen LogP contribution < -0.4 is 10.6 Å². The predicted octanol–water partition coefficient (Wildman–Crippen LogP) is 3.98. The van der Waals surface area contributed by atoms with Crippen molar-refractivity contribution in [2.75, 3.05) is 11.4 Å². The molecule has 0 aromatic heterocycles. The second-order valence-corrected chi connectivity index (χ2v) is 6.29. The van der Waals surface area contributed by atoms with Gasteiger partial charge in [0.05, 0.1) is 0 Å². The highest BCUT2D eigenvalue weighted by atomic mass is 19.1. The molecule has 0 bridgehead atoms. The van der Waals surface area contributed by atoms with Crippen LogP contribution in [0.5, 0.6) is 0 Å². The summed E-state index contributed by atoms with van der Waals surface area (Å²) < 4.78 is 13.6. The van der Waals surface area contributed by atoms with Gasteiger partial charge in [0.1, 0.15) is 5.82 Å². The first-order valence-corrected chi connectivity index (χ1v) is 7.65. The lowest BCUT2D eigenvalue weighted by Gasteiger charge is -2.33. The van der Waals surface area contributed by atoms with Gasteiger partial charge in [-0.15, -0.1) is 0 Å². The molecule has 0 saturated carbocycles.